The molecule has 0 atom stereocenters. The van der Waals surface area contributed by atoms with Crippen molar-refractivity contribution in [3.63, 3.8) is 0 Å². The van der Waals surface area contributed by atoms with Crippen LogP contribution in [0, 0.1) is 19.7 Å². The molecule has 0 radical (unpaired) electrons. The van der Waals surface area contributed by atoms with Crippen molar-refractivity contribution in [1.82, 2.24) is 14.7 Å². The maximum Gasteiger partial charge on any atom is 0.251 e. The number of aryl methyl sites for hydroxylation is 2. The zero-order valence-corrected chi connectivity index (χ0v) is 19.6. The van der Waals surface area contributed by atoms with Crippen molar-refractivity contribution in [3.8, 4) is 22.8 Å². The number of halogens is 1. The molecule has 1 saturated carbocycles. The van der Waals surface area contributed by atoms with Gasteiger partial charge >= 0.3 is 0 Å². The van der Waals surface area contributed by atoms with Gasteiger partial charge in [-0.15, -0.1) is 0 Å². The van der Waals surface area contributed by atoms with Crippen LogP contribution in [0.15, 0.2) is 54.9 Å². The van der Waals surface area contributed by atoms with Crippen LogP contribution in [0.2, 0.25) is 0 Å². The quantitative estimate of drug-likeness (QED) is 0.340. The number of aliphatic hydroxyl groups excluding tert-OH is 1. The number of imidazole rings is 1. The van der Waals surface area contributed by atoms with Crippen LogP contribution in [0.5, 0.6) is 11.5 Å². The van der Waals surface area contributed by atoms with Crippen molar-refractivity contribution in [2.45, 2.75) is 32.7 Å². The number of anilines is 1. The minimum atomic E-state index is -0.380. The minimum Gasteiger partial charge on any atom is -0.455 e. The van der Waals surface area contributed by atoms with Gasteiger partial charge in [0.05, 0.1) is 30.4 Å². The van der Waals surface area contributed by atoms with Gasteiger partial charge in [-0.2, -0.15) is 0 Å². The lowest BCUT2D eigenvalue weighted by molar-refractivity contribution is 0.0950. The van der Waals surface area contributed by atoms with E-state index in [0.29, 0.717) is 41.0 Å². The minimum absolute atomic E-state index is 0.0443. The summed E-state index contributed by atoms with van der Waals surface area (Å²) in [5.74, 6) is 0.477. The highest BCUT2D eigenvalue weighted by atomic mass is 19.1. The number of carbonyl (C=O) groups excluding carboxylic acids is 1. The predicted molar refractivity (Wildman–Crippen MR) is 133 cm³/mol. The highest BCUT2D eigenvalue weighted by Crippen LogP contribution is 2.33. The van der Waals surface area contributed by atoms with Crippen molar-refractivity contribution in [2.75, 3.05) is 18.5 Å². The van der Waals surface area contributed by atoms with Crippen LogP contribution in [-0.4, -0.2) is 39.6 Å². The second-order valence-electron chi connectivity index (χ2n) is 8.87. The molecule has 3 N–H and O–H groups in total. The molecular formula is C27H27FN4O3. The molecule has 8 heteroatoms. The van der Waals surface area contributed by atoms with Crippen LogP contribution in [0.4, 0.5) is 10.1 Å². The summed E-state index contributed by atoms with van der Waals surface area (Å²) in [4.78, 5) is 17.1. The van der Waals surface area contributed by atoms with Crippen molar-refractivity contribution in [3.05, 3.63) is 77.4 Å². The molecule has 5 rings (SSSR count). The lowest BCUT2D eigenvalue weighted by Crippen LogP contribution is -2.26. The number of rotatable bonds is 8. The Hall–Kier alpha value is -3.91. The van der Waals surface area contributed by atoms with Gasteiger partial charge in [-0.25, -0.2) is 9.37 Å². The molecule has 0 bridgehead atoms. The molecule has 1 fully saturated rings. The molecule has 1 amide bonds. The number of amides is 1. The number of nitrogens with zero attached hydrogens (tertiary/aromatic N) is 2. The number of fused-ring (bicyclic) bond motifs is 1. The number of ether oxygens (including phenoxy) is 1. The number of aliphatic hydroxyl groups is 1. The van der Waals surface area contributed by atoms with Crippen LogP contribution >= 0.6 is 0 Å². The molecule has 1 aliphatic carbocycles. The molecule has 180 valence electrons. The molecule has 0 saturated heterocycles. The number of hydrogen-bond acceptors (Lipinski definition) is 5. The third kappa shape index (κ3) is 4.83. The summed E-state index contributed by atoms with van der Waals surface area (Å²) in [5, 5.41) is 15.5. The molecule has 1 aliphatic rings. The molecule has 4 aromatic rings. The third-order valence-electron chi connectivity index (χ3n) is 6.07. The van der Waals surface area contributed by atoms with E-state index >= 15 is 0 Å². The van der Waals surface area contributed by atoms with E-state index in [1.807, 2.05) is 36.4 Å². The van der Waals surface area contributed by atoms with Gasteiger partial charge < -0.3 is 20.5 Å². The molecule has 2 heterocycles. The van der Waals surface area contributed by atoms with Crippen molar-refractivity contribution < 1.29 is 19.0 Å². The third-order valence-corrected chi connectivity index (χ3v) is 6.07. The number of aromatic nitrogens is 2. The molecule has 2 aromatic heterocycles. The zero-order valence-electron chi connectivity index (χ0n) is 19.6. The van der Waals surface area contributed by atoms with Crippen LogP contribution in [0.1, 0.15) is 34.3 Å². The largest absolute Gasteiger partial charge is 0.455 e. The topological polar surface area (TPSA) is 87.9 Å². The predicted octanol–water partition coefficient (Wildman–Crippen LogP) is 4.85. The van der Waals surface area contributed by atoms with Crippen molar-refractivity contribution >= 4 is 17.2 Å². The Bertz CT molecular complexity index is 1410. The van der Waals surface area contributed by atoms with Gasteiger partial charge in [0, 0.05) is 35.8 Å². The molecule has 0 spiro atoms. The summed E-state index contributed by atoms with van der Waals surface area (Å²) in [5.41, 5.74) is 5.37. The SMILES string of the molecule is Cc1ccc(F)cc1Oc1cc(NCCO)c2ncc(-c3ccc(C(=O)NC4CC4)c(C)c3)n2c1. The van der Waals surface area contributed by atoms with Gasteiger partial charge in [-0.3, -0.25) is 9.20 Å². The first-order chi connectivity index (χ1) is 16.9. The summed E-state index contributed by atoms with van der Waals surface area (Å²) < 4.78 is 21.8. The molecule has 0 aliphatic heterocycles. The molecule has 2 aromatic carbocycles. The van der Waals surface area contributed by atoms with Crippen LogP contribution < -0.4 is 15.4 Å². The van der Waals surface area contributed by atoms with Crippen LogP contribution in [0.3, 0.4) is 0 Å². The van der Waals surface area contributed by atoms with Gasteiger partial charge in [0.1, 0.15) is 17.3 Å². The summed E-state index contributed by atoms with van der Waals surface area (Å²) in [6, 6.07) is 12.2. The van der Waals surface area contributed by atoms with Gasteiger partial charge in [0.25, 0.3) is 5.91 Å². The summed E-state index contributed by atoms with van der Waals surface area (Å²) >= 11 is 0. The fraction of sp³-hybridized carbons (Fsp3) is 0.259. The standard InChI is InChI=1S/C27H27FN4O3/c1-16-3-5-19(28)12-25(16)35-21-13-23(29-9-10-33)26-30-14-24(32(26)15-21)18-4-8-22(17(2)11-18)27(34)31-20-6-7-20/h3-5,8,11-15,20,29,33H,6-7,9-10H2,1-2H3,(H,31,34). The average Bonchev–Trinajstić information content (AvgIpc) is 3.55. The Morgan fingerprint density at radius 1 is 1.17 bits per heavy atom. The Morgan fingerprint density at radius 3 is 2.74 bits per heavy atom. The van der Waals surface area contributed by atoms with Crippen molar-refractivity contribution in [1.29, 1.82) is 0 Å². The first kappa shape index (κ1) is 22.9. The van der Waals surface area contributed by atoms with Gasteiger partial charge in [-0.05, 0) is 56.0 Å². The van der Waals surface area contributed by atoms with E-state index in [1.54, 1.807) is 24.5 Å². The first-order valence-electron chi connectivity index (χ1n) is 11.6. The Balaban J connectivity index is 1.54. The van der Waals surface area contributed by atoms with Gasteiger partial charge in [0.15, 0.2) is 5.65 Å². The molecule has 35 heavy (non-hydrogen) atoms. The van der Waals surface area contributed by atoms with E-state index < -0.39 is 0 Å². The van der Waals surface area contributed by atoms with E-state index in [-0.39, 0.29) is 18.3 Å². The second kappa shape index (κ2) is 9.38. The zero-order chi connectivity index (χ0) is 24.5. The lowest BCUT2D eigenvalue weighted by atomic mass is 10.0. The lowest BCUT2D eigenvalue weighted by Gasteiger charge is -2.14. The van der Waals surface area contributed by atoms with Crippen LogP contribution in [0.25, 0.3) is 16.9 Å². The summed E-state index contributed by atoms with van der Waals surface area (Å²) in [6.45, 7) is 4.07. The highest BCUT2D eigenvalue weighted by Gasteiger charge is 2.24. The highest BCUT2D eigenvalue weighted by molar-refractivity contribution is 5.96. The van der Waals surface area contributed by atoms with Gasteiger partial charge in [-0.1, -0.05) is 12.1 Å². The monoisotopic (exact) mass is 474 g/mol. The van der Waals surface area contributed by atoms with Crippen molar-refractivity contribution in [2.24, 2.45) is 0 Å². The van der Waals surface area contributed by atoms with E-state index in [1.165, 1.54) is 12.1 Å². The maximum absolute atomic E-state index is 13.8. The average molecular weight is 475 g/mol. The Labute approximate surface area is 202 Å². The number of carbonyl (C=O) groups is 1. The number of pyridine rings is 1. The van der Waals surface area contributed by atoms with Gasteiger partial charge in [0.2, 0.25) is 0 Å². The van der Waals surface area contributed by atoms with Crippen LogP contribution in [-0.2, 0) is 0 Å². The molecule has 0 unspecified atom stereocenters. The Kier molecular flexibility index (Phi) is 6.13. The molecule has 7 nitrogen and oxygen atoms in total. The Morgan fingerprint density at radius 2 is 2.00 bits per heavy atom. The van der Waals surface area contributed by atoms with E-state index in [9.17, 15) is 14.3 Å². The second-order valence-corrected chi connectivity index (χ2v) is 8.87. The van der Waals surface area contributed by atoms with E-state index in [0.717, 1.165) is 35.2 Å². The summed E-state index contributed by atoms with van der Waals surface area (Å²) in [6.07, 6.45) is 5.64. The molecular weight excluding hydrogens is 447 g/mol. The number of hydrogen-bond donors (Lipinski definition) is 3. The van der Waals surface area contributed by atoms with E-state index in [4.69, 9.17) is 4.74 Å². The first-order valence-corrected chi connectivity index (χ1v) is 11.6. The normalized spacial score (nSPS) is 13.1. The van der Waals surface area contributed by atoms with E-state index in [2.05, 4.69) is 15.6 Å². The fourth-order valence-corrected chi connectivity index (χ4v) is 4.03. The number of benzene rings is 2. The number of nitrogens with one attached hydrogen (secondary N) is 2. The summed E-state index contributed by atoms with van der Waals surface area (Å²) in [7, 11) is 0. The fourth-order valence-electron chi connectivity index (χ4n) is 4.03. The smallest absolute Gasteiger partial charge is 0.251 e. The maximum atomic E-state index is 13.8.